The van der Waals surface area contributed by atoms with Crippen molar-refractivity contribution in [2.45, 2.75) is 25.0 Å². The summed E-state index contributed by atoms with van der Waals surface area (Å²) < 4.78 is 18.9. The Labute approximate surface area is 119 Å². The molecule has 0 radical (unpaired) electrons. The van der Waals surface area contributed by atoms with Crippen molar-refractivity contribution in [2.75, 3.05) is 6.54 Å². The number of aromatic nitrogens is 2. The highest BCUT2D eigenvalue weighted by Crippen LogP contribution is 2.23. The molecular formula is C13H13ClFN3O2. The summed E-state index contributed by atoms with van der Waals surface area (Å²) in [7, 11) is 0. The number of aliphatic hydroxyl groups excluding tert-OH is 1. The Bertz CT molecular complexity index is 619. The SMILES string of the molecule is O[C@@H]1CN[C@@H](c2nc(Cc3cccc(Cl)c3F)no2)C1. The highest BCUT2D eigenvalue weighted by molar-refractivity contribution is 6.30. The molecule has 0 saturated carbocycles. The third kappa shape index (κ3) is 2.67. The first-order valence-corrected chi connectivity index (χ1v) is 6.68. The van der Waals surface area contributed by atoms with Crippen LogP contribution in [0.2, 0.25) is 5.02 Å². The van der Waals surface area contributed by atoms with Gasteiger partial charge in [0.1, 0.15) is 5.82 Å². The molecule has 7 heteroatoms. The van der Waals surface area contributed by atoms with E-state index in [0.717, 1.165) is 0 Å². The lowest BCUT2D eigenvalue weighted by Gasteiger charge is -2.02. The topological polar surface area (TPSA) is 71.2 Å². The van der Waals surface area contributed by atoms with Gasteiger partial charge < -0.3 is 14.9 Å². The summed E-state index contributed by atoms with van der Waals surface area (Å²) in [5.41, 5.74) is 0.421. The van der Waals surface area contributed by atoms with Crippen molar-refractivity contribution < 1.29 is 14.0 Å². The summed E-state index contributed by atoms with van der Waals surface area (Å²) >= 11 is 5.73. The molecule has 106 valence electrons. The second-order valence-electron chi connectivity index (χ2n) is 4.79. The maximum absolute atomic E-state index is 13.8. The maximum Gasteiger partial charge on any atom is 0.243 e. The van der Waals surface area contributed by atoms with Crippen LogP contribution in [0.1, 0.15) is 29.7 Å². The van der Waals surface area contributed by atoms with Crippen LogP contribution in [0.25, 0.3) is 0 Å². The molecule has 2 atom stereocenters. The Morgan fingerprint density at radius 3 is 3.10 bits per heavy atom. The van der Waals surface area contributed by atoms with Gasteiger partial charge in [-0.3, -0.25) is 0 Å². The molecule has 0 spiro atoms. The molecule has 2 aromatic rings. The fraction of sp³-hybridized carbons (Fsp3) is 0.385. The van der Waals surface area contributed by atoms with E-state index >= 15 is 0 Å². The Balaban J connectivity index is 1.76. The molecule has 2 N–H and O–H groups in total. The second kappa shape index (κ2) is 5.47. The summed E-state index contributed by atoms with van der Waals surface area (Å²) in [6.07, 6.45) is 0.346. The lowest BCUT2D eigenvalue weighted by molar-refractivity contribution is 0.191. The molecule has 0 bridgehead atoms. The van der Waals surface area contributed by atoms with E-state index in [4.69, 9.17) is 16.1 Å². The van der Waals surface area contributed by atoms with Crippen LogP contribution in [0.5, 0.6) is 0 Å². The largest absolute Gasteiger partial charge is 0.392 e. The predicted octanol–water partition coefficient (Wildman–Crippen LogP) is 1.85. The van der Waals surface area contributed by atoms with Gasteiger partial charge in [-0.1, -0.05) is 28.9 Å². The standard InChI is InChI=1S/C13H13ClFN3O2/c14-9-3-1-2-7(12(9)15)4-11-17-13(20-18-11)10-5-8(19)6-16-10/h1-3,8,10,16,19H,4-6H2/t8-,10+/m0/s1. The van der Waals surface area contributed by atoms with Gasteiger partial charge in [0, 0.05) is 13.0 Å². The van der Waals surface area contributed by atoms with E-state index in [1.165, 1.54) is 6.07 Å². The molecule has 1 aromatic heterocycles. The minimum atomic E-state index is -0.463. The summed E-state index contributed by atoms with van der Waals surface area (Å²) in [6, 6.07) is 4.66. The molecule has 1 aliphatic heterocycles. The van der Waals surface area contributed by atoms with Gasteiger partial charge >= 0.3 is 0 Å². The molecule has 5 nitrogen and oxygen atoms in total. The van der Waals surface area contributed by atoms with Crippen LogP contribution in [0, 0.1) is 5.82 Å². The first-order chi connectivity index (χ1) is 9.63. The molecule has 0 unspecified atom stereocenters. The van der Waals surface area contributed by atoms with Gasteiger partial charge in [-0.2, -0.15) is 4.98 Å². The molecule has 1 aliphatic rings. The van der Waals surface area contributed by atoms with Crippen LogP contribution in [-0.2, 0) is 6.42 Å². The van der Waals surface area contributed by atoms with Crippen LogP contribution >= 0.6 is 11.6 Å². The van der Waals surface area contributed by atoms with Crippen LogP contribution in [0.15, 0.2) is 22.7 Å². The third-order valence-electron chi connectivity index (χ3n) is 3.27. The van der Waals surface area contributed by atoms with Crippen molar-refractivity contribution >= 4 is 11.6 Å². The molecule has 20 heavy (non-hydrogen) atoms. The molecule has 3 rings (SSSR count). The summed E-state index contributed by atoms with van der Waals surface area (Å²) in [4.78, 5) is 4.23. The molecule has 2 heterocycles. The summed E-state index contributed by atoms with van der Waals surface area (Å²) in [6.45, 7) is 0.505. The first-order valence-electron chi connectivity index (χ1n) is 6.30. The van der Waals surface area contributed by atoms with Crippen LogP contribution in [0.4, 0.5) is 4.39 Å². The van der Waals surface area contributed by atoms with E-state index in [-0.39, 0.29) is 17.5 Å². The van der Waals surface area contributed by atoms with E-state index in [1.807, 2.05) is 0 Å². The second-order valence-corrected chi connectivity index (χ2v) is 5.20. The van der Waals surface area contributed by atoms with E-state index in [0.29, 0.717) is 30.2 Å². The Morgan fingerprint density at radius 2 is 2.35 bits per heavy atom. The predicted molar refractivity (Wildman–Crippen MR) is 69.9 cm³/mol. The van der Waals surface area contributed by atoms with Gasteiger partial charge in [-0.25, -0.2) is 4.39 Å². The molecule has 0 amide bonds. The lowest BCUT2D eigenvalue weighted by atomic mass is 10.1. The number of benzene rings is 1. The number of hydrogen-bond acceptors (Lipinski definition) is 5. The van der Waals surface area contributed by atoms with Crippen LogP contribution in [-0.4, -0.2) is 27.9 Å². The quantitative estimate of drug-likeness (QED) is 0.904. The Hall–Kier alpha value is -1.50. The number of aliphatic hydroxyl groups is 1. The van der Waals surface area contributed by atoms with Crippen molar-refractivity contribution in [3.05, 3.63) is 46.3 Å². The van der Waals surface area contributed by atoms with Crippen molar-refractivity contribution in [3.8, 4) is 0 Å². The molecule has 1 aromatic carbocycles. The first kappa shape index (κ1) is 13.5. The average molecular weight is 298 g/mol. The Morgan fingerprint density at radius 1 is 1.50 bits per heavy atom. The molecule has 1 saturated heterocycles. The van der Waals surface area contributed by atoms with Gasteiger partial charge in [0.15, 0.2) is 5.82 Å². The monoisotopic (exact) mass is 297 g/mol. The minimum Gasteiger partial charge on any atom is -0.392 e. The van der Waals surface area contributed by atoms with Crippen molar-refractivity contribution in [1.29, 1.82) is 0 Å². The van der Waals surface area contributed by atoms with E-state index < -0.39 is 11.9 Å². The zero-order chi connectivity index (χ0) is 14.1. The van der Waals surface area contributed by atoms with Crippen LogP contribution < -0.4 is 5.32 Å². The number of hydrogen-bond donors (Lipinski definition) is 2. The number of rotatable bonds is 3. The van der Waals surface area contributed by atoms with Gasteiger partial charge in [0.25, 0.3) is 0 Å². The fourth-order valence-corrected chi connectivity index (χ4v) is 2.44. The van der Waals surface area contributed by atoms with Gasteiger partial charge in [-0.05, 0) is 18.1 Å². The lowest BCUT2D eigenvalue weighted by Crippen LogP contribution is -2.15. The average Bonchev–Trinajstić information content (AvgIpc) is 3.04. The molecule has 0 aliphatic carbocycles. The van der Waals surface area contributed by atoms with Gasteiger partial charge in [0.05, 0.1) is 17.2 Å². The zero-order valence-corrected chi connectivity index (χ0v) is 11.3. The number of β-amino-alcohol motifs (C(OH)–C–C–N with tert-alkyl or cyclic N) is 1. The number of halogens is 2. The van der Waals surface area contributed by atoms with E-state index in [2.05, 4.69) is 15.5 Å². The smallest absolute Gasteiger partial charge is 0.243 e. The third-order valence-corrected chi connectivity index (χ3v) is 3.56. The van der Waals surface area contributed by atoms with Crippen molar-refractivity contribution in [2.24, 2.45) is 0 Å². The van der Waals surface area contributed by atoms with Crippen molar-refractivity contribution in [3.63, 3.8) is 0 Å². The Kier molecular flexibility index (Phi) is 3.69. The van der Waals surface area contributed by atoms with Crippen LogP contribution in [0.3, 0.4) is 0 Å². The number of nitrogens with zero attached hydrogens (tertiary/aromatic N) is 2. The summed E-state index contributed by atoms with van der Waals surface area (Å²) in [5, 5.41) is 16.4. The molecule has 1 fully saturated rings. The maximum atomic E-state index is 13.8. The van der Waals surface area contributed by atoms with E-state index in [9.17, 15) is 9.50 Å². The summed E-state index contributed by atoms with van der Waals surface area (Å²) in [5.74, 6) is 0.346. The normalized spacial score (nSPS) is 22.4. The van der Waals surface area contributed by atoms with E-state index in [1.54, 1.807) is 12.1 Å². The minimum absolute atomic E-state index is 0.0757. The number of nitrogens with one attached hydrogen (secondary N) is 1. The van der Waals surface area contributed by atoms with Gasteiger partial charge in [0.2, 0.25) is 5.89 Å². The highest BCUT2D eigenvalue weighted by Gasteiger charge is 2.28. The van der Waals surface area contributed by atoms with Gasteiger partial charge in [-0.15, -0.1) is 0 Å². The highest BCUT2D eigenvalue weighted by atomic mass is 35.5. The molecular weight excluding hydrogens is 285 g/mol. The fourth-order valence-electron chi connectivity index (χ4n) is 2.24. The zero-order valence-electron chi connectivity index (χ0n) is 10.5. The van der Waals surface area contributed by atoms with Crippen molar-refractivity contribution in [1.82, 2.24) is 15.5 Å².